The smallest absolute Gasteiger partial charge is 0.283 e. The van der Waals surface area contributed by atoms with Crippen LogP contribution in [0.15, 0.2) is 70.6 Å². The van der Waals surface area contributed by atoms with Crippen LogP contribution in [0.3, 0.4) is 0 Å². The van der Waals surface area contributed by atoms with Crippen molar-refractivity contribution in [1.29, 1.82) is 0 Å². The highest BCUT2D eigenvalue weighted by molar-refractivity contribution is 7.99. The summed E-state index contributed by atoms with van der Waals surface area (Å²) >= 11 is 1.26. The Kier molecular flexibility index (Phi) is 5.95. The molecule has 0 aliphatic heterocycles. The van der Waals surface area contributed by atoms with Crippen molar-refractivity contribution in [3.8, 4) is 5.69 Å². The zero-order valence-corrected chi connectivity index (χ0v) is 18.5. The molecule has 2 N–H and O–H groups in total. The van der Waals surface area contributed by atoms with Crippen LogP contribution in [0.25, 0.3) is 16.7 Å². The van der Waals surface area contributed by atoms with E-state index in [1.165, 1.54) is 11.8 Å². The largest absolute Gasteiger partial charge is 0.353 e. The van der Waals surface area contributed by atoms with Gasteiger partial charge in [-0.05, 0) is 44.5 Å². The molecule has 0 aliphatic carbocycles. The van der Waals surface area contributed by atoms with E-state index >= 15 is 0 Å². The number of thioether (sulfide) groups is 1. The van der Waals surface area contributed by atoms with Crippen molar-refractivity contribution in [2.75, 3.05) is 5.75 Å². The van der Waals surface area contributed by atoms with E-state index in [1.807, 2.05) is 81.4 Å². The summed E-state index contributed by atoms with van der Waals surface area (Å²) in [5, 5.41) is 3.50. The molecule has 1 unspecified atom stereocenters. The van der Waals surface area contributed by atoms with Crippen molar-refractivity contribution in [2.24, 2.45) is 0 Å². The lowest BCUT2D eigenvalue weighted by Crippen LogP contribution is -2.29. The fraction of sp³-hybridized carbons (Fsp3) is 0.208. The van der Waals surface area contributed by atoms with Gasteiger partial charge in [-0.15, -0.1) is 0 Å². The lowest BCUT2D eigenvalue weighted by molar-refractivity contribution is -0.119. The predicted molar refractivity (Wildman–Crippen MR) is 125 cm³/mol. The number of carbonyl (C=O) groups is 1. The van der Waals surface area contributed by atoms with Crippen molar-refractivity contribution < 1.29 is 4.79 Å². The highest BCUT2D eigenvalue weighted by Crippen LogP contribution is 2.22. The minimum absolute atomic E-state index is 0.101. The molecule has 7 heteroatoms. The first-order valence-corrected chi connectivity index (χ1v) is 11.1. The molecule has 0 aliphatic rings. The van der Waals surface area contributed by atoms with Crippen LogP contribution in [0.5, 0.6) is 0 Å². The van der Waals surface area contributed by atoms with Gasteiger partial charge in [0.2, 0.25) is 5.91 Å². The van der Waals surface area contributed by atoms with Crippen LogP contribution in [0.2, 0.25) is 0 Å². The number of benzene rings is 2. The zero-order valence-electron chi connectivity index (χ0n) is 17.7. The average molecular weight is 433 g/mol. The number of hydrogen-bond donors (Lipinski definition) is 2. The molecule has 2 aromatic carbocycles. The highest BCUT2D eigenvalue weighted by atomic mass is 32.2. The van der Waals surface area contributed by atoms with E-state index in [1.54, 1.807) is 4.57 Å². The molecular weight excluding hydrogens is 408 g/mol. The molecule has 1 atom stereocenters. The Bertz CT molecular complexity index is 1280. The van der Waals surface area contributed by atoms with E-state index < -0.39 is 0 Å². The number of nitrogens with one attached hydrogen (secondary N) is 2. The number of aryl methyl sites for hydroxylation is 2. The summed E-state index contributed by atoms with van der Waals surface area (Å²) in [6, 6.07) is 19.2. The Morgan fingerprint density at radius 1 is 1.13 bits per heavy atom. The molecule has 0 radical (unpaired) electrons. The van der Waals surface area contributed by atoms with Crippen molar-refractivity contribution in [2.45, 2.75) is 32.0 Å². The van der Waals surface area contributed by atoms with Gasteiger partial charge in [-0.2, -0.15) is 0 Å². The van der Waals surface area contributed by atoms with Crippen LogP contribution in [0.4, 0.5) is 0 Å². The number of H-pyrrole nitrogens is 1. The summed E-state index contributed by atoms with van der Waals surface area (Å²) in [5.41, 5.74) is 4.62. The lowest BCUT2D eigenvalue weighted by Gasteiger charge is -2.15. The van der Waals surface area contributed by atoms with Gasteiger partial charge in [-0.25, -0.2) is 4.98 Å². The van der Waals surface area contributed by atoms with E-state index in [9.17, 15) is 9.59 Å². The molecule has 0 fully saturated rings. The molecule has 158 valence electrons. The zero-order chi connectivity index (χ0) is 22.0. The number of aromatic amines is 1. The predicted octanol–water partition coefficient (Wildman–Crippen LogP) is 4.30. The maximum atomic E-state index is 13.2. The fourth-order valence-corrected chi connectivity index (χ4v) is 4.26. The SMILES string of the molecule is Cc1ccc(-n2c(SCC(=O)NC(C)c3ccccc3)nc3cc(C)[nH]c3c2=O)cc1. The van der Waals surface area contributed by atoms with Gasteiger partial charge >= 0.3 is 0 Å². The van der Waals surface area contributed by atoms with Gasteiger partial charge < -0.3 is 10.3 Å². The van der Waals surface area contributed by atoms with E-state index in [2.05, 4.69) is 15.3 Å². The number of carbonyl (C=O) groups excluding carboxylic acids is 1. The van der Waals surface area contributed by atoms with E-state index in [0.29, 0.717) is 16.2 Å². The molecule has 2 aromatic heterocycles. The van der Waals surface area contributed by atoms with Crippen LogP contribution in [0.1, 0.15) is 29.8 Å². The Hall–Kier alpha value is -3.32. The molecule has 4 aromatic rings. The van der Waals surface area contributed by atoms with E-state index in [0.717, 1.165) is 22.5 Å². The van der Waals surface area contributed by atoms with Gasteiger partial charge in [0.15, 0.2) is 5.16 Å². The molecule has 31 heavy (non-hydrogen) atoms. The number of aromatic nitrogens is 3. The van der Waals surface area contributed by atoms with Crippen molar-refractivity contribution in [3.05, 3.63) is 87.8 Å². The van der Waals surface area contributed by atoms with Gasteiger partial charge in [0.1, 0.15) is 5.52 Å². The van der Waals surface area contributed by atoms with Crippen LogP contribution in [-0.4, -0.2) is 26.2 Å². The Morgan fingerprint density at radius 2 is 1.84 bits per heavy atom. The lowest BCUT2D eigenvalue weighted by atomic mass is 10.1. The summed E-state index contributed by atoms with van der Waals surface area (Å²) < 4.78 is 1.57. The first kappa shape index (κ1) is 20.9. The molecule has 1 amide bonds. The van der Waals surface area contributed by atoms with Crippen LogP contribution in [0, 0.1) is 13.8 Å². The molecular formula is C24H24N4O2S. The third kappa shape index (κ3) is 4.56. The summed E-state index contributed by atoms with van der Waals surface area (Å²) in [5.74, 6) is 0.0427. The fourth-order valence-electron chi connectivity index (χ4n) is 3.43. The highest BCUT2D eigenvalue weighted by Gasteiger charge is 2.17. The third-order valence-corrected chi connectivity index (χ3v) is 6.00. The van der Waals surface area contributed by atoms with Crippen LogP contribution in [-0.2, 0) is 4.79 Å². The first-order chi connectivity index (χ1) is 14.9. The summed E-state index contributed by atoms with van der Waals surface area (Å²) in [6.45, 7) is 5.84. The van der Waals surface area contributed by atoms with Gasteiger partial charge in [0, 0.05) is 5.69 Å². The van der Waals surface area contributed by atoms with Gasteiger partial charge in [0.05, 0.1) is 23.0 Å². The maximum Gasteiger partial charge on any atom is 0.283 e. The molecule has 0 saturated carbocycles. The molecule has 2 heterocycles. The molecule has 6 nitrogen and oxygen atoms in total. The Labute approximate surface area is 184 Å². The Balaban J connectivity index is 1.62. The normalized spacial score (nSPS) is 12.1. The number of hydrogen-bond acceptors (Lipinski definition) is 4. The van der Waals surface area contributed by atoms with Crippen LogP contribution >= 0.6 is 11.8 Å². The van der Waals surface area contributed by atoms with Crippen molar-refractivity contribution in [1.82, 2.24) is 19.9 Å². The number of rotatable bonds is 6. The third-order valence-electron chi connectivity index (χ3n) is 5.06. The molecule has 4 rings (SSSR count). The second-order valence-corrected chi connectivity index (χ2v) is 8.51. The van der Waals surface area contributed by atoms with Gasteiger partial charge in [-0.3, -0.25) is 14.2 Å². The van der Waals surface area contributed by atoms with Crippen molar-refractivity contribution >= 4 is 28.7 Å². The molecule has 0 saturated heterocycles. The minimum atomic E-state index is -0.178. The average Bonchev–Trinajstić information content (AvgIpc) is 3.14. The van der Waals surface area contributed by atoms with E-state index in [-0.39, 0.29) is 23.3 Å². The number of fused-ring (bicyclic) bond motifs is 1. The Morgan fingerprint density at radius 3 is 2.55 bits per heavy atom. The summed E-state index contributed by atoms with van der Waals surface area (Å²) in [7, 11) is 0. The van der Waals surface area contributed by atoms with E-state index in [4.69, 9.17) is 0 Å². The second kappa shape index (κ2) is 8.81. The maximum absolute atomic E-state index is 13.2. The first-order valence-electron chi connectivity index (χ1n) is 10.1. The molecule has 0 bridgehead atoms. The summed E-state index contributed by atoms with van der Waals surface area (Å²) in [6.07, 6.45) is 0. The topological polar surface area (TPSA) is 79.8 Å². The number of amides is 1. The molecule has 0 spiro atoms. The number of nitrogens with zero attached hydrogens (tertiary/aromatic N) is 2. The minimum Gasteiger partial charge on any atom is -0.353 e. The van der Waals surface area contributed by atoms with Gasteiger partial charge in [0.25, 0.3) is 5.56 Å². The van der Waals surface area contributed by atoms with Gasteiger partial charge in [-0.1, -0.05) is 59.8 Å². The van der Waals surface area contributed by atoms with Crippen molar-refractivity contribution in [3.63, 3.8) is 0 Å². The second-order valence-electron chi connectivity index (χ2n) is 7.57. The quantitative estimate of drug-likeness (QED) is 0.352. The van der Waals surface area contributed by atoms with Crippen LogP contribution < -0.4 is 10.9 Å². The monoisotopic (exact) mass is 432 g/mol. The summed E-state index contributed by atoms with van der Waals surface area (Å²) in [4.78, 5) is 33.6. The standard InChI is InChI=1S/C24H24N4O2S/c1-15-9-11-19(12-10-15)28-23(30)22-20(13-16(2)25-22)27-24(28)31-14-21(29)26-17(3)18-7-5-4-6-8-18/h4-13,17,25H,14H2,1-3H3,(H,26,29).